The van der Waals surface area contributed by atoms with E-state index in [2.05, 4.69) is 6.92 Å². The van der Waals surface area contributed by atoms with E-state index in [9.17, 15) is 0 Å². The highest BCUT2D eigenvalue weighted by molar-refractivity contribution is 4.40. The number of aliphatic hydroxyl groups is 2. The van der Waals surface area contributed by atoms with Crippen molar-refractivity contribution in [2.24, 2.45) is 0 Å². The lowest BCUT2D eigenvalue weighted by molar-refractivity contribution is 0.183. The molecule has 0 aliphatic rings. The van der Waals surface area contributed by atoms with Crippen LogP contribution >= 0.6 is 0 Å². The minimum atomic E-state index is -0.102. The van der Waals surface area contributed by atoms with Crippen LogP contribution in [-0.2, 0) is 0 Å². The molecule has 0 fully saturated rings. The van der Waals surface area contributed by atoms with E-state index in [1.54, 1.807) is 0 Å². The first-order valence-corrected chi connectivity index (χ1v) is 3.97. The van der Waals surface area contributed by atoms with Gasteiger partial charge in [-0.25, -0.2) is 0 Å². The second kappa shape index (κ2) is 11.7. The largest absolute Gasteiger partial charge is 0.396 e. The molecule has 0 aliphatic carbocycles. The molecule has 10 heavy (non-hydrogen) atoms. The summed E-state index contributed by atoms with van der Waals surface area (Å²) in [5.74, 6) is 0. The summed E-state index contributed by atoms with van der Waals surface area (Å²) in [7, 11) is 0. The maximum Gasteiger partial charge on any atom is 0.0512 e. The van der Waals surface area contributed by atoms with E-state index in [1.807, 2.05) is 13.8 Å². The average Bonchev–Trinajstić information content (AvgIpc) is 1.89. The molecule has 2 N–H and O–H groups in total. The van der Waals surface area contributed by atoms with Crippen LogP contribution in [0.3, 0.4) is 0 Å². The van der Waals surface area contributed by atoms with E-state index in [4.69, 9.17) is 10.2 Å². The van der Waals surface area contributed by atoms with Crippen LogP contribution in [0.25, 0.3) is 0 Å². The Morgan fingerprint density at radius 1 is 1.20 bits per heavy atom. The first-order valence-electron chi connectivity index (χ1n) is 3.97. The quantitative estimate of drug-likeness (QED) is 0.637. The van der Waals surface area contributed by atoms with E-state index in [0.717, 1.165) is 19.3 Å². The maximum atomic E-state index is 8.55. The number of rotatable bonds is 3. The highest BCUT2D eigenvalue weighted by Crippen LogP contribution is 1.91. The van der Waals surface area contributed by atoms with Gasteiger partial charge in [0.15, 0.2) is 0 Å². The van der Waals surface area contributed by atoms with E-state index in [-0.39, 0.29) is 6.10 Å². The second-order valence-corrected chi connectivity index (χ2v) is 2.36. The third-order valence-corrected chi connectivity index (χ3v) is 0.930. The van der Waals surface area contributed by atoms with Crippen molar-refractivity contribution in [3.63, 3.8) is 0 Å². The van der Waals surface area contributed by atoms with E-state index < -0.39 is 0 Å². The Bertz CT molecular complexity index is 42.5. The third-order valence-electron chi connectivity index (χ3n) is 0.930. The molecule has 2 nitrogen and oxygen atoms in total. The molecule has 0 saturated heterocycles. The standard InChI is InChI=1S/C5H12O.C3H8O/c1-3-4-5(2)6;1-2-3-4/h5-6H,3-4H2,1-2H3;4H,2-3H2,1H3. The van der Waals surface area contributed by atoms with Gasteiger partial charge in [0.2, 0.25) is 0 Å². The predicted octanol–water partition coefficient (Wildman–Crippen LogP) is 1.56. The zero-order chi connectivity index (χ0) is 8.41. The Labute approximate surface area is 63.9 Å². The molecular weight excluding hydrogens is 128 g/mol. The van der Waals surface area contributed by atoms with Crippen molar-refractivity contribution in [1.29, 1.82) is 0 Å². The monoisotopic (exact) mass is 148 g/mol. The molecule has 1 atom stereocenters. The fraction of sp³-hybridized carbons (Fsp3) is 1.00. The fourth-order valence-corrected chi connectivity index (χ4v) is 0.418. The van der Waals surface area contributed by atoms with E-state index in [0.29, 0.717) is 6.61 Å². The number of hydrogen-bond donors (Lipinski definition) is 2. The Morgan fingerprint density at radius 2 is 1.60 bits per heavy atom. The first-order chi connectivity index (χ1) is 4.68. The lowest BCUT2D eigenvalue weighted by atomic mass is 10.2. The molecule has 0 aromatic carbocycles. The molecule has 0 rings (SSSR count). The van der Waals surface area contributed by atoms with Gasteiger partial charge in [-0.1, -0.05) is 20.3 Å². The second-order valence-electron chi connectivity index (χ2n) is 2.36. The first kappa shape index (κ1) is 12.6. The predicted molar refractivity (Wildman–Crippen MR) is 44.0 cm³/mol. The van der Waals surface area contributed by atoms with Crippen LogP contribution in [0.5, 0.6) is 0 Å². The molecule has 1 unspecified atom stereocenters. The van der Waals surface area contributed by atoms with Crippen LogP contribution in [-0.4, -0.2) is 22.9 Å². The minimum absolute atomic E-state index is 0.102. The normalized spacial score (nSPS) is 11.7. The SMILES string of the molecule is CCCC(C)O.CCCO. The number of aliphatic hydroxyl groups excluding tert-OH is 2. The Balaban J connectivity index is 0. The van der Waals surface area contributed by atoms with Crippen LogP contribution in [0.15, 0.2) is 0 Å². The van der Waals surface area contributed by atoms with Crippen LogP contribution in [0, 0.1) is 0 Å². The summed E-state index contributed by atoms with van der Waals surface area (Å²) in [6.45, 7) is 6.12. The molecule has 0 saturated carbocycles. The summed E-state index contributed by atoms with van der Waals surface area (Å²) < 4.78 is 0. The summed E-state index contributed by atoms with van der Waals surface area (Å²) in [6.07, 6.45) is 2.78. The van der Waals surface area contributed by atoms with Crippen LogP contribution in [0.2, 0.25) is 0 Å². The zero-order valence-electron chi connectivity index (χ0n) is 7.30. The van der Waals surface area contributed by atoms with Gasteiger partial charge in [0.1, 0.15) is 0 Å². The van der Waals surface area contributed by atoms with Crippen molar-refractivity contribution < 1.29 is 10.2 Å². The van der Waals surface area contributed by atoms with Crippen LogP contribution in [0.1, 0.15) is 40.0 Å². The van der Waals surface area contributed by atoms with E-state index in [1.165, 1.54) is 0 Å². The maximum absolute atomic E-state index is 8.55. The highest BCUT2D eigenvalue weighted by Gasteiger charge is 1.87. The van der Waals surface area contributed by atoms with E-state index >= 15 is 0 Å². The third kappa shape index (κ3) is 24.7. The zero-order valence-corrected chi connectivity index (χ0v) is 7.30. The lowest BCUT2D eigenvalue weighted by Gasteiger charge is -1.95. The van der Waals surface area contributed by atoms with Gasteiger partial charge in [-0.15, -0.1) is 0 Å². The van der Waals surface area contributed by atoms with Gasteiger partial charge in [0, 0.05) is 6.61 Å². The molecule has 0 amide bonds. The van der Waals surface area contributed by atoms with Gasteiger partial charge in [-0.2, -0.15) is 0 Å². The molecule has 64 valence electrons. The molecule has 2 heteroatoms. The van der Waals surface area contributed by atoms with Crippen molar-refractivity contribution in [1.82, 2.24) is 0 Å². The van der Waals surface area contributed by atoms with Crippen LogP contribution in [0.4, 0.5) is 0 Å². The molecular formula is C8H20O2. The number of hydrogen-bond acceptors (Lipinski definition) is 2. The molecule has 0 heterocycles. The highest BCUT2D eigenvalue weighted by atomic mass is 16.3. The van der Waals surface area contributed by atoms with Gasteiger partial charge < -0.3 is 10.2 Å². The summed E-state index contributed by atoms with van der Waals surface area (Å²) in [5, 5.41) is 16.4. The van der Waals surface area contributed by atoms with Crippen LogP contribution < -0.4 is 0 Å². The molecule has 0 radical (unpaired) electrons. The molecule has 0 aromatic rings. The Hall–Kier alpha value is -0.0800. The van der Waals surface area contributed by atoms with Gasteiger partial charge in [0.25, 0.3) is 0 Å². The van der Waals surface area contributed by atoms with Crippen molar-refractivity contribution in [2.75, 3.05) is 6.61 Å². The van der Waals surface area contributed by atoms with Gasteiger partial charge in [-0.3, -0.25) is 0 Å². The summed E-state index contributed by atoms with van der Waals surface area (Å²) in [5.41, 5.74) is 0. The topological polar surface area (TPSA) is 40.5 Å². The summed E-state index contributed by atoms with van der Waals surface area (Å²) >= 11 is 0. The molecule has 0 aromatic heterocycles. The average molecular weight is 148 g/mol. The van der Waals surface area contributed by atoms with Crippen molar-refractivity contribution in [3.8, 4) is 0 Å². The smallest absolute Gasteiger partial charge is 0.0512 e. The Kier molecular flexibility index (Phi) is 14.7. The van der Waals surface area contributed by atoms with Gasteiger partial charge in [0.05, 0.1) is 6.10 Å². The Morgan fingerprint density at radius 3 is 1.60 bits per heavy atom. The fourth-order valence-electron chi connectivity index (χ4n) is 0.418. The van der Waals surface area contributed by atoms with Crippen molar-refractivity contribution in [2.45, 2.75) is 46.1 Å². The lowest BCUT2D eigenvalue weighted by Crippen LogP contribution is -1.95. The summed E-state index contributed by atoms with van der Waals surface area (Å²) in [4.78, 5) is 0. The van der Waals surface area contributed by atoms with Crippen molar-refractivity contribution in [3.05, 3.63) is 0 Å². The van der Waals surface area contributed by atoms with Gasteiger partial charge in [-0.05, 0) is 19.8 Å². The van der Waals surface area contributed by atoms with Gasteiger partial charge >= 0.3 is 0 Å². The summed E-state index contributed by atoms with van der Waals surface area (Å²) in [6, 6.07) is 0. The van der Waals surface area contributed by atoms with Crippen molar-refractivity contribution >= 4 is 0 Å². The molecule has 0 aliphatic heterocycles. The molecule has 0 bridgehead atoms. The minimum Gasteiger partial charge on any atom is -0.396 e. The molecule has 0 spiro atoms.